The number of urea groups is 1. The van der Waals surface area contributed by atoms with Gasteiger partial charge in [0.05, 0.1) is 18.4 Å². The lowest BCUT2D eigenvalue weighted by atomic mass is 10.1. The van der Waals surface area contributed by atoms with Gasteiger partial charge in [-0.05, 0) is 29.8 Å². The molecule has 1 aliphatic heterocycles. The minimum atomic E-state index is -0.960. The smallest absolute Gasteiger partial charge is 0.335 e. The van der Waals surface area contributed by atoms with E-state index >= 15 is 0 Å². The molecule has 2 N–H and O–H groups in total. The first kappa shape index (κ1) is 18.6. The number of para-hydroxylation sites is 2. The molecule has 0 saturated carbocycles. The highest BCUT2D eigenvalue weighted by Gasteiger charge is 2.22. The average molecular weight is 369 g/mol. The summed E-state index contributed by atoms with van der Waals surface area (Å²) in [6.07, 6.45) is 0. The van der Waals surface area contributed by atoms with Gasteiger partial charge in [0, 0.05) is 32.7 Å². The Morgan fingerprint density at radius 3 is 2.33 bits per heavy atom. The van der Waals surface area contributed by atoms with Gasteiger partial charge < -0.3 is 25.0 Å². The van der Waals surface area contributed by atoms with Gasteiger partial charge in [0.2, 0.25) is 0 Å². The highest BCUT2D eigenvalue weighted by atomic mass is 16.5. The van der Waals surface area contributed by atoms with E-state index in [1.54, 1.807) is 24.1 Å². The van der Waals surface area contributed by atoms with Crippen molar-refractivity contribution in [2.75, 3.05) is 38.2 Å². The topological polar surface area (TPSA) is 82.1 Å². The molecule has 3 rings (SSSR count). The second-order valence-electron chi connectivity index (χ2n) is 6.31. The van der Waals surface area contributed by atoms with E-state index in [0.29, 0.717) is 19.6 Å². The van der Waals surface area contributed by atoms with Crippen LogP contribution in [0.4, 0.5) is 10.5 Å². The molecule has 1 heterocycles. The number of carboxylic acid groups (broad SMARTS) is 1. The van der Waals surface area contributed by atoms with Crippen molar-refractivity contribution in [3.05, 3.63) is 59.7 Å². The lowest BCUT2D eigenvalue weighted by molar-refractivity contribution is 0.0697. The standard InChI is InChI=1S/C20H23N3O4/c1-27-18-5-3-2-4-17(18)22-10-12-23(13-11-22)20(26)21-14-15-6-8-16(9-7-15)19(24)25/h2-9H,10-14H2,1H3,(H,21,26)(H,24,25). The van der Waals surface area contributed by atoms with Crippen LogP contribution in [0, 0.1) is 0 Å². The summed E-state index contributed by atoms with van der Waals surface area (Å²) in [6.45, 7) is 3.09. The lowest BCUT2D eigenvalue weighted by Gasteiger charge is -2.36. The fourth-order valence-corrected chi connectivity index (χ4v) is 3.10. The average Bonchev–Trinajstić information content (AvgIpc) is 2.72. The Bertz CT molecular complexity index is 799. The van der Waals surface area contributed by atoms with Crippen molar-refractivity contribution in [2.24, 2.45) is 0 Å². The van der Waals surface area contributed by atoms with Gasteiger partial charge in [0.1, 0.15) is 5.75 Å². The van der Waals surface area contributed by atoms with Crippen molar-refractivity contribution < 1.29 is 19.4 Å². The molecule has 2 aromatic rings. The Labute approximate surface area is 158 Å². The zero-order chi connectivity index (χ0) is 19.2. The van der Waals surface area contributed by atoms with Gasteiger partial charge in [-0.3, -0.25) is 0 Å². The maximum atomic E-state index is 12.4. The summed E-state index contributed by atoms with van der Waals surface area (Å²) in [5, 5.41) is 11.8. The number of piperazine rings is 1. The number of nitrogens with zero attached hydrogens (tertiary/aromatic N) is 2. The van der Waals surface area contributed by atoms with Gasteiger partial charge in [0.25, 0.3) is 0 Å². The molecule has 0 spiro atoms. The number of benzene rings is 2. The van der Waals surface area contributed by atoms with Crippen molar-refractivity contribution in [1.82, 2.24) is 10.2 Å². The molecule has 142 valence electrons. The number of rotatable bonds is 5. The van der Waals surface area contributed by atoms with Crippen molar-refractivity contribution in [3.63, 3.8) is 0 Å². The number of aromatic carboxylic acids is 1. The van der Waals surface area contributed by atoms with E-state index in [4.69, 9.17) is 9.84 Å². The summed E-state index contributed by atoms with van der Waals surface area (Å²) in [4.78, 5) is 27.3. The lowest BCUT2D eigenvalue weighted by Crippen LogP contribution is -2.51. The molecule has 0 bridgehead atoms. The molecule has 7 heteroatoms. The third-order valence-electron chi connectivity index (χ3n) is 4.64. The molecule has 1 saturated heterocycles. The second-order valence-corrected chi connectivity index (χ2v) is 6.31. The van der Waals surface area contributed by atoms with Crippen LogP contribution < -0.4 is 15.0 Å². The van der Waals surface area contributed by atoms with Crippen LogP contribution in [-0.2, 0) is 6.54 Å². The van der Waals surface area contributed by atoms with Crippen LogP contribution in [0.25, 0.3) is 0 Å². The molecule has 7 nitrogen and oxygen atoms in total. The number of hydrogen-bond donors (Lipinski definition) is 2. The molecular weight excluding hydrogens is 346 g/mol. The normalized spacial score (nSPS) is 14.0. The fraction of sp³-hybridized carbons (Fsp3) is 0.300. The molecular formula is C20H23N3O4. The molecule has 1 aliphatic rings. The summed E-state index contributed by atoms with van der Waals surface area (Å²) in [7, 11) is 1.66. The summed E-state index contributed by atoms with van der Waals surface area (Å²) in [5.74, 6) is -0.126. The van der Waals surface area contributed by atoms with Crippen LogP contribution in [-0.4, -0.2) is 55.3 Å². The molecule has 0 aliphatic carbocycles. The molecule has 0 unspecified atom stereocenters. The largest absolute Gasteiger partial charge is 0.495 e. The second kappa shape index (κ2) is 8.44. The maximum absolute atomic E-state index is 12.4. The SMILES string of the molecule is COc1ccccc1N1CCN(C(=O)NCc2ccc(C(=O)O)cc2)CC1. The minimum absolute atomic E-state index is 0.114. The van der Waals surface area contributed by atoms with E-state index in [1.807, 2.05) is 24.3 Å². The van der Waals surface area contributed by atoms with Gasteiger partial charge in [-0.1, -0.05) is 24.3 Å². The van der Waals surface area contributed by atoms with Gasteiger partial charge in [-0.15, -0.1) is 0 Å². The summed E-state index contributed by atoms with van der Waals surface area (Å²) in [5.41, 5.74) is 2.14. The Morgan fingerprint density at radius 1 is 1.04 bits per heavy atom. The van der Waals surface area contributed by atoms with E-state index in [2.05, 4.69) is 10.2 Å². The maximum Gasteiger partial charge on any atom is 0.335 e. The summed E-state index contributed by atoms with van der Waals surface area (Å²) in [6, 6.07) is 14.3. The Balaban J connectivity index is 1.50. The molecule has 2 amide bonds. The van der Waals surface area contributed by atoms with Gasteiger partial charge in [-0.25, -0.2) is 9.59 Å². The third kappa shape index (κ3) is 4.49. The summed E-state index contributed by atoms with van der Waals surface area (Å²) >= 11 is 0. The van der Waals surface area contributed by atoms with Crippen LogP contribution in [0.2, 0.25) is 0 Å². The van der Waals surface area contributed by atoms with Gasteiger partial charge in [0.15, 0.2) is 0 Å². The number of ether oxygens (including phenoxy) is 1. The van der Waals surface area contributed by atoms with E-state index in [-0.39, 0.29) is 11.6 Å². The number of amides is 2. The highest BCUT2D eigenvalue weighted by molar-refractivity contribution is 5.87. The number of nitrogens with one attached hydrogen (secondary N) is 1. The highest BCUT2D eigenvalue weighted by Crippen LogP contribution is 2.28. The number of carboxylic acids is 1. The molecule has 1 fully saturated rings. The first-order valence-corrected chi connectivity index (χ1v) is 8.81. The monoisotopic (exact) mass is 369 g/mol. The van der Waals surface area contributed by atoms with E-state index in [0.717, 1.165) is 30.1 Å². The van der Waals surface area contributed by atoms with Crippen molar-refractivity contribution >= 4 is 17.7 Å². The van der Waals surface area contributed by atoms with Crippen LogP contribution in [0.3, 0.4) is 0 Å². The quantitative estimate of drug-likeness (QED) is 0.846. The van der Waals surface area contributed by atoms with Crippen LogP contribution in [0.15, 0.2) is 48.5 Å². The van der Waals surface area contributed by atoms with E-state index in [1.165, 1.54) is 12.1 Å². The Morgan fingerprint density at radius 2 is 1.70 bits per heavy atom. The van der Waals surface area contributed by atoms with Crippen LogP contribution in [0.5, 0.6) is 5.75 Å². The Kier molecular flexibility index (Phi) is 5.80. The predicted octanol–water partition coefficient (Wildman–Crippen LogP) is 2.43. The molecule has 0 atom stereocenters. The van der Waals surface area contributed by atoms with E-state index in [9.17, 15) is 9.59 Å². The first-order chi connectivity index (χ1) is 13.1. The molecule has 27 heavy (non-hydrogen) atoms. The molecule has 2 aromatic carbocycles. The van der Waals surface area contributed by atoms with E-state index < -0.39 is 5.97 Å². The number of anilines is 1. The predicted molar refractivity (Wildman–Crippen MR) is 102 cm³/mol. The zero-order valence-electron chi connectivity index (χ0n) is 15.2. The van der Waals surface area contributed by atoms with Crippen molar-refractivity contribution in [3.8, 4) is 5.75 Å². The van der Waals surface area contributed by atoms with Crippen LogP contribution >= 0.6 is 0 Å². The third-order valence-corrected chi connectivity index (χ3v) is 4.64. The zero-order valence-corrected chi connectivity index (χ0v) is 15.2. The summed E-state index contributed by atoms with van der Waals surface area (Å²) < 4.78 is 5.41. The van der Waals surface area contributed by atoms with Crippen molar-refractivity contribution in [1.29, 1.82) is 0 Å². The van der Waals surface area contributed by atoms with Crippen LogP contribution in [0.1, 0.15) is 15.9 Å². The van der Waals surface area contributed by atoms with Crippen molar-refractivity contribution in [2.45, 2.75) is 6.54 Å². The molecule has 0 aromatic heterocycles. The number of hydrogen-bond acceptors (Lipinski definition) is 4. The minimum Gasteiger partial charge on any atom is -0.495 e. The molecule has 0 radical (unpaired) electrons. The Hall–Kier alpha value is -3.22. The number of carbonyl (C=O) groups excluding carboxylic acids is 1. The number of carbonyl (C=O) groups is 2. The van der Waals surface area contributed by atoms with Gasteiger partial charge in [-0.2, -0.15) is 0 Å². The van der Waals surface area contributed by atoms with Gasteiger partial charge >= 0.3 is 12.0 Å². The number of methoxy groups -OCH3 is 1. The first-order valence-electron chi connectivity index (χ1n) is 8.81. The fourth-order valence-electron chi connectivity index (χ4n) is 3.10.